The van der Waals surface area contributed by atoms with Gasteiger partial charge in [0.15, 0.2) is 0 Å². The summed E-state index contributed by atoms with van der Waals surface area (Å²) in [5.74, 6) is 0.831. The van der Waals surface area contributed by atoms with Crippen molar-refractivity contribution in [3.8, 4) is 5.75 Å². The van der Waals surface area contributed by atoms with Gasteiger partial charge in [0.1, 0.15) is 5.75 Å². The van der Waals surface area contributed by atoms with Gasteiger partial charge in [-0.25, -0.2) is 0 Å². The highest BCUT2D eigenvalue weighted by atomic mass is 16.5. The van der Waals surface area contributed by atoms with Crippen molar-refractivity contribution in [2.45, 2.75) is 31.8 Å². The molecule has 1 aromatic heterocycles. The summed E-state index contributed by atoms with van der Waals surface area (Å²) in [6, 6.07) is 11.6. The second kappa shape index (κ2) is 8.12. The second-order valence-corrected chi connectivity index (χ2v) is 6.40. The average molecular weight is 340 g/mol. The Morgan fingerprint density at radius 3 is 2.84 bits per heavy atom. The van der Waals surface area contributed by atoms with Crippen LogP contribution in [0.2, 0.25) is 0 Å². The van der Waals surface area contributed by atoms with Crippen molar-refractivity contribution in [2.24, 2.45) is 0 Å². The number of rotatable bonds is 4. The van der Waals surface area contributed by atoms with E-state index in [2.05, 4.69) is 4.98 Å². The van der Waals surface area contributed by atoms with Crippen LogP contribution in [0.5, 0.6) is 5.75 Å². The number of hydrogen-bond donors (Lipinski definition) is 1. The first-order valence-corrected chi connectivity index (χ1v) is 8.71. The van der Waals surface area contributed by atoms with E-state index < -0.39 is 0 Å². The van der Waals surface area contributed by atoms with Gasteiger partial charge in [-0.2, -0.15) is 0 Å². The molecular formula is C20H24N2O3. The summed E-state index contributed by atoms with van der Waals surface area (Å²) in [4.78, 5) is 18.9. The highest BCUT2D eigenvalue weighted by molar-refractivity contribution is 5.93. The lowest BCUT2D eigenvalue weighted by Gasteiger charge is -2.20. The minimum absolute atomic E-state index is 0.00885. The van der Waals surface area contributed by atoms with Crippen LogP contribution in [0, 0.1) is 0 Å². The lowest BCUT2D eigenvalue weighted by molar-refractivity contribution is 0.0752. The van der Waals surface area contributed by atoms with Crippen molar-refractivity contribution in [1.29, 1.82) is 0 Å². The van der Waals surface area contributed by atoms with Gasteiger partial charge in [0.05, 0.1) is 18.8 Å². The number of methoxy groups -OCH3 is 1. The number of hydrogen-bond acceptors (Lipinski definition) is 4. The summed E-state index contributed by atoms with van der Waals surface area (Å²) >= 11 is 0. The van der Waals surface area contributed by atoms with Crippen LogP contribution in [0.15, 0.2) is 42.6 Å². The maximum Gasteiger partial charge on any atom is 0.255 e. The van der Waals surface area contributed by atoms with Crippen LogP contribution in [0.4, 0.5) is 0 Å². The van der Waals surface area contributed by atoms with Gasteiger partial charge in [-0.15, -0.1) is 0 Å². The fourth-order valence-electron chi connectivity index (χ4n) is 3.16. The lowest BCUT2D eigenvalue weighted by atomic mass is 10.1. The van der Waals surface area contributed by atoms with Crippen LogP contribution < -0.4 is 4.74 Å². The molecule has 0 aliphatic carbocycles. The molecule has 1 aromatic carbocycles. The third-order valence-electron chi connectivity index (χ3n) is 4.62. The topological polar surface area (TPSA) is 62.7 Å². The number of pyridine rings is 1. The summed E-state index contributed by atoms with van der Waals surface area (Å²) in [5, 5.41) is 9.72. The summed E-state index contributed by atoms with van der Waals surface area (Å²) in [5.41, 5.74) is 2.56. The highest BCUT2D eigenvalue weighted by Gasteiger charge is 2.20. The Balaban J connectivity index is 1.68. The smallest absolute Gasteiger partial charge is 0.255 e. The molecular weight excluding hydrogens is 316 g/mol. The minimum atomic E-state index is -0.292. The molecule has 2 heterocycles. The van der Waals surface area contributed by atoms with E-state index >= 15 is 0 Å². The van der Waals surface area contributed by atoms with E-state index in [1.165, 1.54) is 0 Å². The molecule has 1 unspecified atom stereocenters. The zero-order chi connectivity index (χ0) is 17.6. The molecule has 2 aromatic rings. The predicted octanol–water partition coefficient (Wildman–Crippen LogP) is 2.67. The Morgan fingerprint density at radius 2 is 2.08 bits per heavy atom. The van der Waals surface area contributed by atoms with Crippen LogP contribution in [0.3, 0.4) is 0 Å². The number of carbonyl (C=O) groups is 1. The molecule has 0 spiro atoms. The summed E-state index contributed by atoms with van der Waals surface area (Å²) in [6.45, 7) is 1.29. The maximum atomic E-state index is 12.6. The largest absolute Gasteiger partial charge is 0.496 e. The molecule has 1 fully saturated rings. The van der Waals surface area contributed by atoms with E-state index in [0.717, 1.165) is 29.8 Å². The number of aliphatic hydroxyl groups excluding tert-OH is 1. The number of ether oxygens (including phenoxy) is 1. The number of benzene rings is 1. The number of carbonyl (C=O) groups excluding carboxylic acids is 1. The predicted molar refractivity (Wildman–Crippen MR) is 95.8 cm³/mol. The quantitative estimate of drug-likeness (QED) is 0.929. The van der Waals surface area contributed by atoms with Crippen molar-refractivity contribution in [2.75, 3.05) is 20.2 Å². The van der Waals surface area contributed by atoms with E-state index in [9.17, 15) is 9.90 Å². The van der Waals surface area contributed by atoms with Gasteiger partial charge in [0.2, 0.25) is 0 Å². The van der Waals surface area contributed by atoms with Crippen molar-refractivity contribution < 1.29 is 14.6 Å². The van der Waals surface area contributed by atoms with Gasteiger partial charge in [-0.1, -0.05) is 18.2 Å². The number of likely N-dealkylation sites (tertiary alicyclic amines) is 1. The van der Waals surface area contributed by atoms with Gasteiger partial charge in [0, 0.05) is 37.0 Å². The number of nitrogens with zero attached hydrogens (tertiary/aromatic N) is 2. The molecule has 1 saturated heterocycles. The van der Waals surface area contributed by atoms with E-state index in [-0.39, 0.29) is 12.0 Å². The van der Waals surface area contributed by atoms with E-state index in [1.807, 2.05) is 41.3 Å². The molecule has 1 amide bonds. The first-order chi connectivity index (χ1) is 12.2. The molecule has 0 saturated carbocycles. The molecule has 132 valence electrons. The average Bonchev–Trinajstić information content (AvgIpc) is 2.87. The first kappa shape index (κ1) is 17.4. The fourth-order valence-corrected chi connectivity index (χ4v) is 3.16. The van der Waals surface area contributed by atoms with E-state index in [4.69, 9.17) is 4.74 Å². The molecule has 0 radical (unpaired) electrons. The molecule has 25 heavy (non-hydrogen) atoms. The number of aromatic nitrogens is 1. The van der Waals surface area contributed by atoms with Crippen molar-refractivity contribution in [3.05, 3.63) is 59.4 Å². The number of amides is 1. The Bertz CT molecular complexity index is 715. The fraction of sp³-hybridized carbons (Fsp3) is 0.400. The zero-order valence-corrected chi connectivity index (χ0v) is 14.5. The van der Waals surface area contributed by atoms with Crippen LogP contribution in [-0.2, 0) is 6.42 Å². The van der Waals surface area contributed by atoms with Crippen LogP contribution in [-0.4, -0.2) is 47.2 Å². The van der Waals surface area contributed by atoms with Crippen molar-refractivity contribution in [3.63, 3.8) is 0 Å². The molecule has 0 bridgehead atoms. The monoisotopic (exact) mass is 340 g/mol. The van der Waals surface area contributed by atoms with Crippen LogP contribution in [0.1, 0.15) is 40.9 Å². The zero-order valence-electron chi connectivity index (χ0n) is 14.5. The second-order valence-electron chi connectivity index (χ2n) is 6.40. The highest BCUT2D eigenvalue weighted by Crippen LogP contribution is 2.20. The van der Waals surface area contributed by atoms with Crippen LogP contribution >= 0.6 is 0 Å². The SMILES string of the molecule is COc1ccccc1Cc1ccc(C(=O)N2CCCC(O)CC2)cn1. The molecule has 1 N–H and O–H groups in total. The third-order valence-corrected chi connectivity index (χ3v) is 4.62. The molecule has 1 aliphatic heterocycles. The van der Waals surface area contributed by atoms with Gasteiger partial charge in [-0.05, 0) is 37.5 Å². The Morgan fingerprint density at radius 1 is 1.24 bits per heavy atom. The third kappa shape index (κ3) is 4.37. The standard InChI is InChI=1S/C20H24N2O3/c1-25-19-7-3-2-5-15(19)13-17-9-8-16(14-21-17)20(24)22-11-4-6-18(23)10-12-22/h2-3,5,7-9,14,18,23H,4,6,10-13H2,1H3. The summed E-state index contributed by atoms with van der Waals surface area (Å²) in [6.07, 6.45) is 4.26. The maximum absolute atomic E-state index is 12.6. The molecule has 3 rings (SSSR count). The molecule has 1 atom stereocenters. The van der Waals surface area contributed by atoms with Gasteiger partial charge >= 0.3 is 0 Å². The van der Waals surface area contributed by atoms with Gasteiger partial charge < -0.3 is 14.7 Å². The van der Waals surface area contributed by atoms with Crippen molar-refractivity contribution >= 4 is 5.91 Å². The van der Waals surface area contributed by atoms with E-state index in [1.54, 1.807) is 13.3 Å². The van der Waals surface area contributed by atoms with E-state index in [0.29, 0.717) is 31.5 Å². The molecule has 5 nitrogen and oxygen atoms in total. The normalized spacial score (nSPS) is 17.8. The summed E-state index contributed by atoms with van der Waals surface area (Å²) in [7, 11) is 1.66. The lowest BCUT2D eigenvalue weighted by Crippen LogP contribution is -2.32. The number of para-hydroxylation sites is 1. The molecule has 1 aliphatic rings. The van der Waals surface area contributed by atoms with Gasteiger partial charge in [0.25, 0.3) is 5.91 Å². The first-order valence-electron chi connectivity index (χ1n) is 8.71. The summed E-state index contributed by atoms with van der Waals surface area (Å²) < 4.78 is 5.37. The Kier molecular flexibility index (Phi) is 5.66. The van der Waals surface area contributed by atoms with Gasteiger partial charge in [-0.3, -0.25) is 9.78 Å². The Labute approximate surface area is 148 Å². The number of aliphatic hydroxyl groups is 1. The minimum Gasteiger partial charge on any atom is -0.496 e. The Hall–Kier alpha value is -2.40. The van der Waals surface area contributed by atoms with Crippen LogP contribution in [0.25, 0.3) is 0 Å². The van der Waals surface area contributed by atoms with Crippen molar-refractivity contribution in [1.82, 2.24) is 9.88 Å². The molecule has 5 heteroatoms.